The summed E-state index contributed by atoms with van der Waals surface area (Å²) in [6.45, 7) is 4.02. The van der Waals surface area contributed by atoms with E-state index in [0.717, 1.165) is 19.4 Å². The van der Waals surface area contributed by atoms with Gasteiger partial charge in [0.15, 0.2) is 0 Å². The van der Waals surface area contributed by atoms with E-state index in [0.29, 0.717) is 49.6 Å². The minimum atomic E-state index is -3.53. The maximum absolute atomic E-state index is 13.4. The average Bonchev–Trinajstić information content (AvgIpc) is 2.79. The molecule has 0 radical (unpaired) electrons. The van der Waals surface area contributed by atoms with Gasteiger partial charge in [0.2, 0.25) is 15.9 Å². The van der Waals surface area contributed by atoms with E-state index in [-0.39, 0.29) is 16.7 Å². The van der Waals surface area contributed by atoms with Gasteiger partial charge >= 0.3 is 0 Å². The summed E-state index contributed by atoms with van der Waals surface area (Å²) in [7, 11) is -1.98. The van der Waals surface area contributed by atoms with Gasteiger partial charge < -0.3 is 9.64 Å². The summed E-state index contributed by atoms with van der Waals surface area (Å²) < 4.78 is 32.6. The highest BCUT2D eigenvalue weighted by Crippen LogP contribution is 2.40. The normalized spacial score (nSPS) is 28.7. The van der Waals surface area contributed by atoms with Crippen molar-refractivity contribution in [2.45, 2.75) is 62.8 Å². The fraction of sp³-hybridized carbons (Fsp3) is 0.696. The molecular formula is C23H34N2O4S. The molecule has 4 rings (SSSR count). The van der Waals surface area contributed by atoms with E-state index in [9.17, 15) is 13.2 Å². The molecule has 1 saturated carbocycles. The van der Waals surface area contributed by atoms with Gasteiger partial charge in [-0.05, 0) is 68.2 Å². The fourth-order valence-corrected chi connectivity index (χ4v) is 7.13. The van der Waals surface area contributed by atoms with Crippen molar-refractivity contribution in [2.75, 3.05) is 26.7 Å². The van der Waals surface area contributed by atoms with E-state index in [1.54, 1.807) is 31.4 Å². The van der Waals surface area contributed by atoms with Gasteiger partial charge in [-0.2, -0.15) is 4.31 Å². The number of fused-ring (bicyclic) bond motifs is 1. The number of ether oxygens (including phenoxy) is 1. The van der Waals surface area contributed by atoms with Gasteiger partial charge in [-0.3, -0.25) is 4.79 Å². The van der Waals surface area contributed by atoms with Gasteiger partial charge in [0.1, 0.15) is 5.75 Å². The summed E-state index contributed by atoms with van der Waals surface area (Å²) in [5.74, 6) is 2.20. The van der Waals surface area contributed by atoms with Crippen LogP contribution in [0, 0.1) is 17.8 Å². The summed E-state index contributed by atoms with van der Waals surface area (Å²) in [6.07, 6.45) is 7.19. The molecule has 3 unspecified atom stereocenters. The van der Waals surface area contributed by atoms with Gasteiger partial charge in [-0.25, -0.2) is 8.42 Å². The number of piperidine rings is 2. The van der Waals surface area contributed by atoms with Crippen LogP contribution < -0.4 is 4.74 Å². The number of hydrogen-bond acceptors (Lipinski definition) is 4. The number of nitrogens with zero attached hydrogens (tertiary/aromatic N) is 2. The standard InChI is InChI=1S/C23H34N2O4S/c1-17-11-16-25(22-6-4-3-5-21(17)22)23(26)18-12-14-24(15-13-18)30(27,28)20-9-7-19(29-2)8-10-20/h7-10,17-18,21-22H,3-6,11-16H2,1-2H3. The molecule has 2 aliphatic heterocycles. The minimum Gasteiger partial charge on any atom is -0.497 e. The molecule has 3 aliphatic rings. The molecular weight excluding hydrogens is 400 g/mol. The molecule has 0 bridgehead atoms. The lowest BCUT2D eigenvalue weighted by Gasteiger charge is -2.48. The molecule has 0 N–H and O–H groups in total. The van der Waals surface area contributed by atoms with Gasteiger partial charge in [0.05, 0.1) is 12.0 Å². The molecule has 3 atom stereocenters. The van der Waals surface area contributed by atoms with Crippen LogP contribution in [-0.4, -0.2) is 56.3 Å². The third-order valence-electron chi connectivity index (χ3n) is 7.52. The number of carbonyl (C=O) groups is 1. The van der Waals surface area contributed by atoms with Crippen molar-refractivity contribution in [2.24, 2.45) is 17.8 Å². The summed E-state index contributed by atoms with van der Waals surface area (Å²) in [6, 6.07) is 6.91. The molecule has 0 spiro atoms. The van der Waals surface area contributed by atoms with Crippen molar-refractivity contribution >= 4 is 15.9 Å². The Balaban J connectivity index is 1.39. The maximum atomic E-state index is 13.4. The van der Waals surface area contributed by atoms with Crippen molar-refractivity contribution < 1.29 is 17.9 Å². The van der Waals surface area contributed by atoms with Crippen LogP contribution in [0.15, 0.2) is 29.2 Å². The first-order valence-electron chi connectivity index (χ1n) is 11.4. The van der Waals surface area contributed by atoms with Gasteiger partial charge in [0.25, 0.3) is 0 Å². The van der Waals surface area contributed by atoms with Crippen molar-refractivity contribution in [3.8, 4) is 5.75 Å². The first-order valence-corrected chi connectivity index (χ1v) is 12.8. The zero-order chi connectivity index (χ0) is 21.3. The Morgan fingerprint density at radius 2 is 1.63 bits per heavy atom. The van der Waals surface area contributed by atoms with Crippen molar-refractivity contribution in [3.63, 3.8) is 0 Å². The second kappa shape index (κ2) is 8.87. The first-order chi connectivity index (χ1) is 14.4. The Labute approximate surface area is 180 Å². The molecule has 0 aromatic heterocycles. The van der Waals surface area contributed by atoms with Crippen molar-refractivity contribution in [3.05, 3.63) is 24.3 Å². The number of hydrogen-bond donors (Lipinski definition) is 0. The molecule has 30 heavy (non-hydrogen) atoms. The topological polar surface area (TPSA) is 66.9 Å². The van der Waals surface area contributed by atoms with Crippen LogP contribution >= 0.6 is 0 Å². The quantitative estimate of drug-likeness (QED) is 0.727. The van der Waals surface area contributed by atoms with E-state index in [4.69, 9.17) is 4.74 Å². The number of sulfonamides is 1. The molecule has 7 heteroatoms. The Kier molecular flexibility index (Phi) is 6.39. The molecule has 166 valence electrons. The molecule has 6 nitrogen and oxygen atoms in total. The fourth-order valence-electron chi connectivity index (χ4n) is 5.66. The number of amides is 1. The molecule has 1 amide bonds. The smallest absolute Gasteiger partial charge is 0.243 e. The van der Waals surface area contributed by atoms with Gasteiger partial charge in [-0.1, -0.05) is 19.8 Å². The Hall–Kier alpha value is -1.60. The van der Waals surface area contributed by atoms with E-state index in [1.165, 1.54) is 23.6 Å². The highest BCUT2D eigenvalue weighted by molar-refractivity contribution is 7.89. The molecule has 3 fully saturated rings. The van der Waals surface area contributed by atoms with Crippen molar-refractivity contribution in [1.29, 1.82) is 0 Å². The van der Waals surface area contributed by atoms with Crippen LogP contribution in [0.3, 0.4) is 0 Å². The van der Waals surface area contributed by atoms with Crippen LogP contribution in [-0.2, 0) is 14.8 Å². The van der Waals surface area contributed by atoms with E-state index in [1.807, 2.05) is 0 Å². The lowest BCUT2D eigenvalue weighted by atomic mass is 9.72. The SMILES string of the molecule is COc1ccc(S(=O)(=O)N2CCC(C(=O)N3CCC(C)C4CCCCC43)CC2)cc1. The lowest BCUT2D eigenvalue weighted by Crippen LogP contribution is -2.55. The summed E-state index contributed by atoms with van der Waals surface area (Å²) >= 11 is 0. The van der Waals surface area contributed by atoms with E-state index in [2.05, 4.69) is 11.8 Å². The number of benzene rings is 1. The number of methoxy groups -OCH3 is 1. The number of rotatable bonds is 4. The summed E-state index contributed by atoms with van der Waals surface area (Å²) in [5, 5.41) is 0. The van der Waals surface area contributed by atoms with Gasteiger partial charge in [0, 0.05) is 31.6 Å². The van der Waals surface area contributed by atoms with E-state index >= 15 is 0 Å². The number of likely N-dealkylation sites (tertiary alicyclic amines) is 1. The van der Waals surface area contributed by atoms with Crippen LogP contribution in [0.1, 0.15) is 51.9 Å². The predicted octanol–water partition coefficient (Wildman–Crippen LogP) is 3.52. The zero-order valence-corrected chi connectivity index (χ0v) is 18.9. The first kappa shape index (κ1) is 21.6. The highest BCUT2D eigenvalue weighted by Gasteiger charge is 2.42. The van der Waals surface area contributed by atoms with Crippen LogP contribution in [0.4, 0.5) is 0 Å². The second-order valence-corrected chi connectivity index (χ2v) is 11.1. The predicted molar refractivity (Wildman–Crippen MR) is 116 cm³/mol. The Morgan fingerprint density at radius 3 is 2.30 bits per heavy atom. The zero-order valence-electron chi connectivity index (χ0n) is 18.1. The lowest BCUT2D eigenvalue weighted by molar-refractivity contribution is -0.144. The molecule has 1 aliphatic carbocycles. The molecule has 1 aromatic carbocycles. The molecule has 2 heterocycles. The second-order valence-electron chi connectivity index (χ2n) is 9.17. The van der Waals surface area contributed by atoms with Crippen molar-refractivity contribution in [1.82, 2.24) is 9.21 Å². The van der Waals surface area contributed by atoms with E-state index < -0.39 is 10.0 Å². The average molecular weight is 435 g/mol. The molecule has 2 saturated heterocycles. The maximum Gasteiger partial charge on any atom is 0.243 e. The van der Waals surface area contributed by atoms with Crippen LogP contribution in [0.2, 0.25) is 0 Å². The Morgan fingerprint density at radius 1 is 0.967 bits per heavy atom. The molecule has 1 aromatic rings. The summed E-state index contributed by atoms with van der Waals surface area (Å²) in [5.41, 5.74) is 0. The monoisotopic (exact) mass is 434 g/mol. The number of carbonyl (C=O) groups excluding carboxylic acids is 1. The van der Waals surface area contributed by atoms with Crippen LogP contribution in [0.25, 0.3) is 0 Å². The Bertz CT molecular complexity index is 846. The third-order valence-corrected chi connectivity index (χ3v) is 9.43. The van der Waals surface area contributed by atoms with Crippen LogP contribution in [0.5, 0.6) is 5.75 Å². The highest BCUT2D eigenvalue weighted by atomic mass is 32.2. The largest absolute Gasteiger partial charge is 0.497 e. The minimum absolute atomic E-state index is 0.0525. The third kappa shape index (κ3) is 4.11. The summed E-state index contributed by atoms with van der Waals surface area (Å²) in [4.78, 5) is 15.8. The van der Waals surface area contributed by atoms with Gasteiger partial charge in [-0.15, -0.1) is 0 Å².